The summed E-state index contributed by atoms with van der Waals surface area (Å²) < 4.78 is 0. The number of amides is 1. The van der Waals surface area contributed by atoms with E-state index in [0.29, 0.717) is 12.3 Å². The van der Waals surface area contributed by atoms with E-state index in [1.54, 1.807) is 0 Å². The molecule has 0 bridgehead atoms. The van der Waals surface area contributed by atoms with Crippen molar-refractivity contribution in [2.45, 2.75) is 32.6 Å². The average Bonchev–Trinajstić information content (AvgIpc) is 2.72. The van der Waals surface area contributed by atoms with E-state index in [4.69, 9.17) is 0 Å². The lowest BCUT2D eigenvalue weighted by molar-refractivity contribution is -0.120. The number of rotatable bonds is 8. The van der Waals surface area contributed by atoms with Crippen molar-refractivity contribution in [2.75, 3.05) is 38.2 Å². The molecule has 0 unspecified atom stereocenters. The number of carbonyl (C=O) groups excluding carboxylic acids is 1. The summed E-state index contributed by atoms with van der Waals surface area (Å²) in [5.41, 5.74) is 0. The van der Waals surface area contributed by atoms with Crippen LogP contribution < -0.4 is 5.32 Å². The lowest BCUT2D eigenvalue weighted by Crippen LogP contribution is -2.30. The molecule has 1 rings (SSSR count). The molecule has 0 saturated carbocycles. The zero-order valence-electron chi connectivity index (χ0n) is 11.2. The molecule has 4 heteroatoms. The van der Waals surface area contributed by atoms with Gasteiger partial charge < -0.3 is 10.2 Å². The Morgan fingerprint density at radius 3 is 2.94 bits per heavy atom. The predicted molar refractivity (Wildman–Crippen MR) is 75.5 cm³/mol. The molecule has 17 heavy (non-hydrogen) atoms. The van der Waals surface area contributed by atoms with Gasteiger partial charge >= 0.3 is 0 Å². The lowest BCUT2D eigenvalue weighted by atomic mass is 10.1. The summed E-state index contributed by atoms with van der Waals surface area (Å²) in [5.74, 6) is 3.05. The maximum atomic E-state index is 11.6. The van der Waals surface area contributed by atoms with Gasteiger partial charge in [-0.1, -0.05) is 13.3 Å². The van der Waals surface area contributed by atoms with Gasteiger partial charge in [0.15, 0.2) is 0 Å². The number of unbranched alkanes of at least 4 members (excludes halogenated alkanes) is 1. The molecule has 0 radical (unpaired) electrons. The van der Waals surface area contributed by atoms with E-state index in [1.165, 1.54) is 31.6 Å². The SMILES string of the molecule is CCCCSCCC(=O)NC[C@H]1CCN(C)C1. The van der Waals surface area contributed by atoms with Crippen molar-refractivity contribution in [1.82, 2.24) is 10.2 Å². The van der Waals surface area contributed by atoms with E-state index in [1.807, 2.05) is 11.8 Å². The highest BCUT2D eigenvalue weighted by Crippen LogP contribution is 2.13. The van der Waals surface area contributed by atoms with E-state index >= 15 is 0 Å². The first-order chi connectivity index (χ1) is 8.22. The van der Waals surface area contributed by atoms with Crippen LogP contribution in [0.2, 0.25) is 0 Å². The fourth-order valence-corrected chi connectivity index (χ4v) is 3.08. The van der Waals surface area contributed by atoms with Crippen molar-refractivity contribution in [3.05, 3.63) is 0 Å². The molecule has 0 spiro atoms. The number of hydrogen-bond acceptors (Lipinski definition) is 3. The highest BCUT2D eigenvalue weighted by Gasteiger charge is 2.19. The Balaban J connectivity index is 1.94. The molecular formula is C13H26N2OS. The van der Waals surface area contributed by atoms with Crippen LogP contribution in [0.15, 0.2) is 0 Å². The van der Waals surface area contributed by atoms with Crippen molar-refractivity contribution < 1.29 is 4.79 Å². The van der Waals surface area contributed by atoms with Crippen LogP contribution in [0.5, 0.6) is 0 Å². The van der Waals surface area contributed by atoms with Gasteiger partial charge in [0.1, 0.15) is 0 Å². The van der Waals surface area contributed by atoms with E-state index in [-0.39, 0.29) is 5.91 Å². The minimum absolute atomic E-state index is 0.226. The van der Waals surface area contributed by atoms with E-state index in [2.05, 4.69) is 24.2 Å². The van der Waals surface area contributed by atoms with Crippen LogP contribution >= 0.6 is 11.8 Å². The second-order valence-electron chi connectivity index (χ2n) is 4.94. The highest BCUT2D eigenvalue weighted by atomic mass is 32.2. The molecule has 0 aliphatic carbocycles. The molecule has 1 aliphatic rings. The summed E-state index contributed by atoms with van der Waals surface area (Å²) in [6, 6.07) is 0. The number of hydrogen-bond donors (Lipinski definition) is 1. The fraction of sp³-hybridized carbons (Fsp3) is 0.923. The van der Waals surface area contributed by atoms with Crippen molar-refractivity contribution in [3.8, 4) is 0 Å². The van der Waals surface area contributed by atoms with Crippen molar-refractivity contribution in [1.29, 1.82) is 0 Å². The minimum Gasteiger partial charge on any atom is -0.356 e. The number of likely N-dealkylation sites (tertiary alicyclic amines) is 1. The summed E-state index contributed by atoms with van der Waals surface area (Å²) >= 11 is 1.90. The van der Waals surface area contributed by atoms with Gasteiger partial charge in [0.05, 0.1) is 0 Å². The zero-order valence-corrected chi connectivity index (χ0v) is 12.0. The van der Waals surface area contributed by atoms with Crippen LogP contribution in [0, 0.1) is 5.92 Å². The van der Waals surface area contributed by atoms with E-state index in [0.717, 1.165) is 18.8 Å². The van der Waals surface area contributed by atoms with Crippen molar-refractivity contribution in [2.24, 2.45) is 5.92 Å². The molecule has 1 fully saturated rings. The third-order valence-electron chi connectivity index (χ3n) is 3.19. The van der Waals surface area contributed by atoms with Gasteiger partial charge in [0, 0.05) is 25.3 Å². The van der Waals surface area contributed by atoms with Gasteiger partial charge in [-0.3, -0.25) is 4.79 Å². The van der Waals surface area contributed by atoms with Gasteiger partial charge in [-0.25, -0.2) is 0 Å². The average molecular weight is 258 g/mol. The Bertz CT molecular complexity index is 223. The number of thioether (sulfide) groups is 1. The molecule has 0 aromatic rings. The van der Waals surface area contributed by atoms with Gasteiger partial charge in [0.2, 0.25) is 5.91 Å². The molecule has 1 heterocycles. The second-order valence-corrected chi connectivity index (χ2v) is 6.16. The normalized spacial score (nSPS) is 20.7. The maximum Gasteiger partial charge on any atom is 0.220 e. The number of nitrogens with one attached hydrogen (secondary N) is 1. The number of carbonyl (C=O) groups is 1. The lowest BCUT2D eigenvalue weighted by Gasteiger charge is -2.11. The Morgan fingerprint density at radius 1 is 1.47 bits per heavy atom. The fourth-order valence-electron chi connectivity index (χ4n) is 2.05. The number of nitrogens with zero attached hydrogens (tertiary/aromatic N) is 1. The third-order valence-corrected chi connectivity index (χ3v) is 4.26. The topological polar surface area (TPSA) is 32.3 Å². The summed E-state index contributed by atoms with van der Waals surface area (Å²) in [4.78, 5) is 13.9. The first kappa shape index (κ1) is 14.8. The molecule has 1 saturated heterocycles. The summed E-state index contributed by atoms with van der Waals surface area (Å²) in [6.07, 6.45) is 4.41. The predicted octanol–water partition coefficient (Wildman–Crippen LogP) is 1.98. The Kier molecular flexibility index (Phi) is 7.69. The highest BCUT2D eigenvalue weighted by molar-refractivity contribution is 7.99. The van der Waals surface area contributed by atoms with Crippen LogP contribution in [-0.4, -0.2) is 49.0 Å². The van der Waals surface area contributed by atoms with E-state index < -0.39 is 0 Å². The molecule has 0 aromatic carbocycles. The molecule has 3 nitrogen and oxygen atoms in total. The first-order valence-electron chi connectivity index (χ1n) is 6.75. The Hall–Kier alpha value is -0.220. The third kappa shape index (κ3) is 6.94. The first-order valence-corrected chi connectivity index (χ1v) is 7.90. The molecule has 100 valence electrons. The molecule has 1 atom stereocenters. The largest absolute Gasteiger partial charge is 0.356 e. The van der Waals surface area contributed by atoms with Gasteiger partial charge in [-0.15, -0.1) is 0 Å². The van der Waals surface area contributed by atoms with Crippen LogP contribution in [0.1, 0.15) is 32.6 Å². The van der Waals surface area contributed by atoms with Crippen molar-refractivity contribution >= 4 is 17.7 Å². The van der Waals surface area contributed by atoms with Crippen LogP contribution in [0.4, 0.5) is 0 Å². The standard InChI is InChI=1S/C13H26N2OS/c1-3-4-8-17-9-6-13(16)14-10-12-5-7-15(2)11-12/h12H,3-11H2,1-2H3,(H,14,16)/t12-/m1/s1. The zero-order chi connectivity index (χ0) is 12.5. The summed E-state index contributed by atoms with van der Waals surface area (Å²) in [6.45, 7) is 5.37. The Labute approximate surface area is 110 Å². The van der Waals surface area contributed by atoms with E-state index in [9.17, 15) is 4.79 Å². The van der Waals surface area contributed by atoms with Crippen LogP contribution in [0.25, 0.3) is 0 Å². The molecule has 1 amide bonds. The summed E-state index contributed by atoms with van der Waals surface area (Å²) in [5, 5.41) is 3.06. The van der Waals surface area contributed by atoms with Gasteiger partial charge in [-0.2, -0.15) is 11.8 Å². The van der Waals surface area contributed by atoms with Gasteiger partial charge in [0.25, 0.3) is 0 Å². The van der Waals surface area contributed by atoms with Crippen LogP contribution in [0.3, 0.4) is 0 Å². The summed E-state index contributed by atoms with van der Waals surface area (Å²) in [7, 11) is 2.15. The molecule has 1 aliphatic heterocycles. The molecule has 0 aromatic heterocycles. The second kappa shape index (κ2) is 8.81. The van der Waals surface area contributed by atoms with Crippen molar-refractivity contribution in [3.63, 3.8) is 0 Å². The minimum atomic E-state index is 0.226. The quantitative estimate of drug-likeness (QED) is 0.676. The molecule has 1 N–H and O–H groups in total. The molecular weight excluding hydrogens is 232 g/mol. The maximum absolute atomic E-state index is 11.6. The van der Waals surface area contributed by atoms with Gasteiger partial charge in [-0.05, 0) is 38.1 Å². The Morgan fingerprint density at radius 2 is 2.29 bits per heavy atom. The smallest absolute Gasteiger partial charge is 0.220 e. The monoisotopic (exact) mass is 258 g/mol. The van der Waals surface area contributed by atoms with Crippen LogP contribution in [-0.2, 0) is 4.79 Å².